The number of ether oxygens (including phenoxy) is 3. The summed E-state index contributed by atoms with van der Waals surface area (Å²) in [6.07, 6.45) is 7.89. The lowest BCUT2D eigenvalue weighted by molar-refractivity contribution is -0.206. The lowest BCUT2D eigenvalue weighted by Crippen LogP contribution is -2.34. The van der Waals surface area contributed by atoms with E-state index in [1.165, 1.54) is 63.0 Å². The van der Waals surface area contributed by atoms with E-state index in [1.54, 1.807) is 13.0 Å². The fraction of sp³-hybridized carbons (Fsp3) is 0.513. The number of alkyl halides is 3. The third kappa shape index (κ3) is 13.6. The summed E-state index contributed by atoms with van der Waals surface area (Å²) in [7, 11) is 0. The van der Waals surface area contributed by atoms with Crippen molar-refractivity contribution in [2.24, 2.45) is 0 Å². The predicted molar refractivity (Wildman–Crippen MR) is 181 cm³/mol. The Morgan fingerprint density at radius 3 is 2.10 bits per heavy atom. The first-order valence-corrected chi connectivity index (χ1v) is 17.4. The molecule has 268 valence electrons. The van der Waals surface area contributed by atoms with E-state index in [0.29, 0.717) is 24.7 Å². The number of allylic oxidation sites excluding steroid dienone is 3. The first-order chi connectivity index (χ1) is 23.5. The van der Waals surface area contributed by atoms with E-state index in [0.717, 1.165) is 30.5 Å². The van der Waals surface area contributed by atoms with Gasteiger partial charge in [-0.05, 0) is 62.3 Å². The molecule has 0 saturated carbocycles. The molecule has 2 aromatic carbocycles. The molecule has 3 rings (SSSR count). The number of ketones is 1. The fourth-order valence-electron chi connectivity index (χ4n) is 5.55. The quantitative estimate of drug-likeness (QED) is 0.0562. The Morgan fingerprint density at radius 2 is 1.49 bits per heavy atom. The van der Waals surface area contributed by atoms with Crippen molar-refractivity contribution in [3.63, 3.8) is 0 Å². The Labute approximate surface area is 286 Å². The molecule has 0 spiro atoms. The van der Waals surface area contributed by atoms with Gasteiger partial charge in [-0.3, -0.25) is 4.79 Å². The summed E-state index contributed by atoms with van der Waals surface area (Å²) < 4.78 is 70.0. The average molecular weight is 689 g/mol. The summed E-state index contributed by atoms with van der Waals surface area (Å²) in [6, 6.07) is 10.5. The highest BCUT2D eigenvalue weighted by molar-refractivity contribution is 6.24. The number of hydrogen-bond acceptors (Lipinski definition) is 6. The fourth-order valence-corrected chi connectivity index (χ4v) is 5.55. The summed E-state index contributed by atoms with van der Waals surface area (Å²) in [6.45, 7) is 4.70. The van der Waals surface area contributed by atoms with Crippen LogP contribution in [0.15, 0.2) is 60.2 Å². The molecule has 0 bridgehead atoms. The van der Waals surface area contributed by atoms with Crippen LogP contribution in [0.1, 0.15) is 119 Å². The molecule has 0 amide bonds. The highest BCUT2D eigenvalue weighted by Crippen LogP contribution is 2.30. The van der Waals surface area contributed by atoms with Crippen LogP contribution in [0.4, 0.5) is 17.6 Å². The maximum absolute atomic E-state index is 14.8. The SMILES string of the molecule is CCCCCCCCCCCc1ccc(C2=CC=C(C(=O)Oc3ccc(C(=O)OC(CCCCOCC)C(F)(F)F)c(F)c3)CC2=O)cc1. The molecule has 1 aliphatic carbocycles. The standard InChI is InChI=1S/C39H48F4O6/c1-3-5-6-7-8-9-10-11-12-15-28-17-19-29(20-18-28)32-23-21-30(26-35(32)44)37(45)48-31-22-24-33(34(40)27-31)38(46)49-36(39(41,42)43)16-13-14-25-47-4-2/h17-24,27,36H,3-16,25-26H2,1-2H3. The van der Waals surface area contributed by atoms with Gasteiger partial charge in [0.15, 0.2) is 11.9 Å². The van der Waals surface area contributed by atoms with Gasteiger partial charge in [-0.15, -0.1) is 0 Å². The van der Waals surface area contributed by atoms with E-state index in [-0.39, 0.29) is 36.6 Å². The number of aryl methyl sites for hydroxylation is 1. The Kier molecular flexibility index (Phi) is 16.7. The summed E-state index contributed by atoms with van der Waals surface area (Å²) in [5.41, 5.74) is 1.73. The Bertz CT molecular complexity index is 1430. The molecule has 2 aromatic rings. The Balaban J connectivity index is 1.51. The molecule has 0 heterocycles. The van der Waals surface area contributed by atoms with Gasteiger partial charge in [0.25, 0.3) is 0 Å². The first-order valence-electron chi connectivity index (χ1n) is 17.4. The molecule has 1 aliphatic rings. The summed E-state index contributed by atoms with van der Waals surface area (Å²) in [5.74, 6) is -4.16. The molecule has 6 nitrogen and oxygen atoms in total. The van der Waals surface area contributed by atoms with Gasteiger partial charge in [0.2, 0.25) is 0 Å². The van der Waals surface area contributed by atoms with E-state index in [1.807, 2.05) is 24.3 Å². The molecule has 1 atom stereocenters. The second-order valence-corrected chi connectivity index (χ2v) is 12.3. The van der Waals surface area contributed by atoms with Crippen LogP contribution >= 0.6 is 0 Å². The van der Waals surface area contributed by atoms with Crippen molar-refractivity contribution in [1.82, 2.24) is 0 Å². The number of rotatable bonds is 21. The molecular formula is C39H48F4O6. The zero-order valence-corrected chi connectivity index (χ0v) is 28.5. The van der Waals surface area contributed by atoms with E-state index < -0.39 is 42.0 Å². The molecule has 49 heavy (non-hydrogen) atoms. The third-order valence-corrected chi connectivity index (χ3v) is 8.39. The summed E-state index contributed by atoms with van der Waals surface area (Å²) in [4.78, 5) is 38.1. The van der Waals surface area contributed by atoms with Crippen molar-refractivity contribution >= 4 is 23.3 Å². The van der Waals surface area contributed by atoms with Crippen LogP contribution in [0.5, 0.6) is 5.75 Å². The van der Waals surface area contributed by atoms with E-state index in [2.05, 4.69) is 11.7 Å². The maximum atomic E-state index is 14.8. The van der Waals surface area contributed by atoms with Crippen LogP contribution in [0.3, 0.4) is 0 Å². The lowest BCUT2D eigenvalue weighted by atomic mass is 9.91. The van der Waals surface area contributed by atoms with E-state index >= 15 is 0 Å². The van der Waals surface area contributed by atoms with Crippen LogP contribution in [0.25, 0.3) is 5.57 Å². The minimum Gasteiger partial charge on any atom is -0.449 e. The van der Waals surface area contributed by atoms with Gasteiger partial charge in [0, 0.05) is 36.8 Å². The van der Waals surface area contributed by atoms with Crippen molar-refractivity contribution in [3.8, 4) is 5.75 Å². The number of carbonyl (C=O) groups excluding carboxylic acids is 3. The summed E-state index contributed by atoms with van der Waals surface area (Å²) >= 11 is 0. The zero-order valence-electron chi connectivity index (χ0n) is 28.5. The Morgan fingerprint density at radius 1 is 0.816 bits per heavy atom. The van der Waals surface area contributed by atoms with Crippen molar-refractivity contribution < 1.29 is 46.2 Å². The number of benzene rings is 2. The van der Waals surface area contributed by atoms with Crippen molar-refractivity contribution in [1.29, 1.82) is 0 Å². The number of unbranched alkanes of at least 4 members (excludes halogenated alkanes) is 9. The van der Waals surface area contributed by atoms with E-state index in [9.17, 15) is 31.9 Å². The van der Waals surface area contributed by atoms with Gasteiger partial charge in [-0.2, -0.15) is 13.2 Å². The van der Waals surface area contributed by atoms with Crippen LogP contribution < -0.4 is 4.74 Å². The monoisotopic (exact) mass is 688 g/mol. The summed E-state index contributed by atoms with van der Waals surface area (Å²) in [5, 5.41) is 0. The van der Waals surface area contributed by atoms with Crippen LogP contribution in [0.2, 0.25) is 0 Å². The first kappa shape index (κ1) is 39.6. The molecule has 0 aliphatic heterocycles. The van der Waals surface area contributed by atoms with Crippen molar-refractivity contribution in [2.75, 3.05) is 13.2 Å². The van der Waals surface area contributed by atoms with Crippen LogP contribution in [-0.4, -0.2) is 43.2 Å². The topological polar surface area (TPSA) is 78.9 Å². The molecule has 0 N–H and O–H groups in total. The smallest absolute Gasteiger partial charge is 0.425 e. The molecule has 1 unspecified atom stereocenters. The third-order valence-electron chi connectivity index (χ3n) is 8.39. The minimum absolute atomic E-state index is 0.0528. The molecule has 0 fully saturated rings. The largest absolute Gasteiger partial charge is 0.449 e. The number of hydrogen-bond donors (Lipinski definition) is 0. The van der Waals surface area contributed by atoms with Gasteiger partial charge in [0.1, 0.15) is 11.6 Å². The molecule has 10 heteroatoms. The highest BCUT2D eigenvalue weighted by Gasteiger charge is 2.42. The van der Waals surface area contributed by atoms with Crippen LogP contribution in [0, 0.1) is 5.82 Å². The average Bonchev–Trinajstić information content (AvgIpc) is 3.06. The second kappa shape index (κ2) is 20.7. The van der Waals surface area contributed by atoms with Gasteiger partial charge in [-0.1, -0.05) is 94.7 Å². The number of esters is 2. The highest BCUT2D eigenvalue weighted by atomic mass is 19.4. The lowest BCUT2D eigenvalue weighted by Gasteiger charge is -2.21. The number of halogens is 4. The van der Waals surface area contributed by atoms with Gasteiger partial charge >= 0.3 is 18.1 Å². The van der Waals surface area contributed by atoms with Gasteiger partial charge in [0.05, 0.1) is 5.56 Å². The number of Topliss-reactive ketones (excluding diaryl/α,β-unsaturated/α-hetero) is 1. The van der Waals surface area contributed by atoms with Gasteiger partial charge in [-0.25, -0.2) is 14.0 Å². The van der Waals surface area contributed by atoms with Crippen LogP contribution in [-0.2, 0) is 25.5 Å². The maximum Gasteiger partial charge on any atom is 0.425 e. The minimum atomic E-state index is -4.83. The zero-order chi connectivity index (χ0) is 35.6. The molecule has 0 aromatic heterocycles. The van der Waals surface area contributed by atoms with Gasteiger partial charge < -0.3 is 14.2 Å². The molecule has 0 saturated heterocycles. The van der Waals surface area contributed by atoms with E-state index in [4.69, 9.17) is 9.47 Å². The van der Waals surface area contributed by atoms with Crippen molar-refractivity contribution in [3.05, 3.63) is 82.7 Å². The Hall–Kier alpha value is -3.79. The molecular weight excluding hydrogens is 640 g/mol. The normalized spacial score (nSPS) is 13.9. The molecule has 0 radical (unpaired) electrons. The number of carbonyl (C=O) groups is 3. The second-order valence-electron chi connectivity index (χ2n) is 12.3. The van der Waals surface area contributed by atoms with Crippen molar-refractivity contribution in [2.45, 2.75) is 116 Å². The predicted octanol–water partition coefficient (Wildman–Crippen LogP) is 10.1.